The van der Waals surface area contributed by atoms with Crippen molar-refractivity contribution in [2.24, 2.45) is 0 Å². The maximum Gasteiger partial charge on any atom is 0.251 e. The van der Waals surface area contributed by atoms with Crippen molar-refractivity contribution in [2.45, 2.75) is 45.1 Å². The predicted molar refractivity (Wildman–Crippen MR) is 115 cm³/mol. The van der Waals surface area contributed by atoms with Crippen molar-refractivity contribution < 1.29 is 4.79 Å². The van der Waals surface area contributed by atoms with Gasteiger partial charge in [-0.15, -0.1) is 0 Å². The van der Waals surface area contributed by atoms with Gasteiger partial charge in [0.05, 0.1) is 6.04 Å². The molecule has 0 saturated carbocycles. The Kier molecular flexibility index (Phi) is 5.57. The van der Waals surface area contributed by atoms with E-state index in [1.54, 1.807) is 0 Å². The average Bonchev–Trinajstić information content (AvgIpc) is 2.77. The van der Waals surface area contributed by atoms with E-state index < -0.39 is 0 Å². The second-order valence-electron chi connectivity index (χ2n) is 7.61. The summed E-state index contributed by atoms with van der Waals surface area (Å²) in [5.41, 5.74) is 7.15. The average molecular weight is 370 g/mol. The monoisotopic (exact) mass is 369 g/mol. The van der Waals surface area contributed by atoms with Crippen molar-refractivity contribution in [3.05, 3.63) is 95.1 Å². The van der Waals surface area contributed by atoms with Gasteiger partial charge in [-0.1, -0.05) is 67.6 Å². The van der Waals surface area contributed by atoms with Crippen molar-refractivity contribution in [3.8, 4) is 11.1 Å². The van der Waals surface area contributed by atoms with Gasteiger partial charge in [0.2, 0.25) is 0 Å². The second-order valence-corrected chi connectivity index (χ2v) is 7.61. The smallest absolute Gasteiger partial charge is 0.251 e. The molecule has 2 heteroatoms. The number of hydrogen-bond acceptors (Lipinski definition) is 1. The Morgan fingerprint density at radius 3 is 2.25 bits per heavy atom. The van der Waals surface area contributed by atoms with Crippen LogP contribution >= 0.6 is 0 Å². The van der Waals surface area contributed by atoms with Crippen LogP contribution in [0.25, 0.3) is 11.1 Å². The van der Waals surface area contributed by atoms with Gasteiger partial charge in [-0.2, -0.15) is 0 Å². The fourth-order valence-corrected chi connectivity index (χ4v) is 4.08. The number of rotatable bonds is 5. The highest BCUT2D eigenvalue weighted by Gasteiger charge is 2.17. The molecule has 1 N–H and O–H groups in total. The number of aryl methyl sites for hydroxylation is 2. The van der Waals surface area contributed by atoms with E-state index in [9.17, 15) is 4.79 Å². The number of carbonyl (C=O) groups is 1. The lowest BCUT2D eigenvalue weighted by atomic mass is 9.88. The van der Waals surface area contributed by atoms with Crippen molar-refractivity contribution in [3.63, 3.8) is 0 Å². The first-order valence-corrected chi connectivity index (χ1v) is 10.3. The Hall–Kier alpha value is -2.87. The Bertz CT molecular complexity index is 944. The number of hydrogen-bond donors (Lipinski definition) is 1. The number of fused-ring (bicyclic) bond motifs is 1. The Morgan fingerprint density at radius 2 is 1.54 bits per heavy atom. The first-order valence-electron chi connectivity index (χ1n) is 10.3. The maximum absolute atomic E-state index is 12.8. The molecule has 0 spiro atoms. The van der Waals surface area contributed by atoms with Crippen LogP contribution < -0.4 is 5.32 Å². The number of carbonyl (C=O) groups excluding carboxylic acids is 1. The minimum absolute atomic E-state index is 0.0100. The lowest BCUT2D eigenvalue weighted by molar-refractivity contribution is 0.0935. The third-order valence-electron chi connectivity index (χ3n) is 5.74. The van der Waals surface area contributed by atoms with E-state index in [1.807, 2.05) is 42.5 Å². The molecule has 0 aliphatic heterocycles. The first kappa shape index (κ1) is 18.5. The van der Waals surface area contributed by atoms with Gasteiger partial charge in [0.25, 0.3) is 5.91 Å². The molecule has 0 heterocycles. The molecule has 1 atom stereocenters. The van der Waals surface area contributed by atoms with E-state index in [1.165, 1.54) is 36.0 Å². The van der Waals surface area contributed by atoms with Crippen LogP contribution in [0.2, 0.25) is 0 Å². The molecule has 3 aromatic rings. The zero-order valence-corrected chi connectivity index (χ0v) is 16.4. The summed E-state index contributed by atoms with van der Waals surface area (Å²) in [4.78, 5) is 12.8. The van der Waals surface area contributed by atoms with Crippen LogP contribution in [0.4, 0.5) is 0 Å². The lowest BCUT2D eigenvalue weighted by Gasteiger charge is -2.22. The second kappa shape index (κ2) is 8.43. The molecular formula is C26H27NO. The maximum atomic E-state index is 12.8. The molecular weight excluding hydrogens is 342 g/mol. The normalized spacial score (nSPS) is 14.2. The third kappa shape index (κ3) is 4.01. The van der Waals surface area contributed by atoms with Crippen LogP contribution in [-0.4, -0.2) is 5.91 Å². The highest BCUT2D eigenvalue weighted by atomic mass is 16.1. The van der Waals surface area contributed by atoms with Crippen LogP contribution in [0.3, 0.4) is 0 Å². The van der Waals surface area contributed by atoms with Crippen LogP contribution in [0, 0.1) is 0 Å². The molecule has 142 valence electrons. The summed E-state index contributed by atoms with van der Waals surface area (Å²) in [6.07, 6.45) is 5.79. The molecule has 2 nitrogen and oxygen atoms in total. The van der Waals surface area contributed by atoms with E-state index >= 15 is 0 Å². The molecule has 0 fully saturated rings. The molecule has 1 aliphatic rings. The third-order valence-corrected chi connectivity index (χ3v) is 5.74. The Labute approximate surface area is 167 Å². The number of nitrogens with one attached hydrogen (secondary N) is 1. The van der Waals surface area contributed by atoms with E-state index in [2.05, 4.69) is 42.6 Å². The van der Waals surface area contributed by atoms with Crippen molar-refractivity contribution in [1.82, 2.24) is 5.32 Å². The molecule has 0 radical (unpaired) electrons. The largest absolute Gasteiger partial charge is 0.345 e. The topological polar surface area (TPSA) is 29.1 Å². The van der Waals surface area contributed by atoms with Gasteiger partial charge < -0.3 is 5.32 Å². The molecule has 1 aliphatic carbocycles. The molecule has 4 rings (SSSR count). The molecule has 1 unspecified atom stereocenters. The van der Waals surface area contributed by atoms with Gasteiger partial charge in [-0.3, -0.25) is 4.79 Å². The standard InChI is InChI=1S/C26H27NO/c1-2-25(24-17-14-20-10-6-7-11-23(20)18-24)27-26(28)22-15-12-21(13-16-22)19-8-4-3-5-9-19/h3-5,8-9,12-18,25H,2,6-7,10-11H2,1H3,(H,27,28). The summed E-state index contributed by atoms with van der Waals surface area (Å²) in [7, 11) is 0. The Balaban J connectivity index is 1.48. The van der Waals surface area contributed by atoms with Gasteiger partial charge >= 0.3 is 0 Å². The van der Waals surface area contributed by atoms with Gasteiger partial charge in [0.1, 0.15) is 0 Å². The minimum atomic E-state index is -0.0100. The van der Waals surface area contributed by atoms with Crippen LogP contribution in [-0.2, 0) is 12.8 Å². The van der Waals surface area contributed by atoms with Crippen molar-refractivity contribution >= 4 is 5.91 Å². The first-order chi connectivity index (χ1) is 13.7. The SMILES string of the molecule is CCC(NC(=O)c1ccc(-c2ccccc2)cc1)c1ccc2c(c1)CCCC2. The zero-order valence-electron chi connectivity index (χ0n) is 16.4. The van der Waals surface area contributed by atoms with Crippen LogP contribution in [0.5, 0.6) is 0 Å². The molecule has 3 aromatic carbocycles. The predicted octanol–water partition coefficient (Wildman–Crippen LogP) is 6.11. The summed E-state index contributed by atoms with van der Waals surface area (Å²) in [6.45, 7) is 2.13. The summed E-state index contributed by atoms with van der Waals surface area (Å²) < 4.78 is 0. The minimum Gasteiger partial charge on any atom is -0.345 e. The summed E-state index contributed by atoms with van der Waals surface area (Å²) in [6, 6.07) is 24.9. The number of benzene rings is 3. The van der Waals surface area contributed by atoms with Crippen LogP contribution in [0.1, 0.15) is 59.3 Å². The van der Waals surface area contributed by atoms with Gasteiger partial charge in [0.15, 0.2) is 0 Å². The number of amides is 1. The molecule has 0 bridgehead atoms. The summed E-state index contributed by atoms with van der Waals surface area (Å²) in [5, 5.41) is 3.23. The lowest BCUT2D eigenvalue weighted by Crippen LogP contribution is -2.28. The molecule has 0 aromatic heterocycles. The van der Waals surface area contributed by atoms with Gasteiger partial charge in [0, 0.05) is 5.56 Å². The van der Waals surface area contributed by atoms with Gasteiger partial charge in [-0.25, -0.2) is 0 Å². The molecule has 28 heavy (non-hydrogen) atoms. The fraction of sp³-hybridized carbons (Fsp3) is 0.269. The quantitative estimate of drug-likeness (QED) is 0.577. The van der Waals surface area contributed by atoms with Crippen molar-refractivity contribution in [2.75, 3.05) is 0 Å². The summed E-state index contributed by atoms with van der Waals surface area (Å²) in [5.74, 6) is -0.0100. The van der Waals surface area contributed by atoms with E-state index in [4.69, 9.17) is 0 Å². The Morgan fingerprint density at radius 1 is 0.857 bits per heavy atom. The molecule has 1 amide bonds. The van der Waals surface area contributed by atoms with E-state index in [0.717, 1.165) is 24.0 Å². The van der Waals surface area contributed by atoms with E-state index in [-0.39, 0.29) is 11.9 Å². The van der Waals surface area contributed by atoms with Crippen molar-refractivity contribution in [1.29, 1.82) is 0 Å². The fourth-order valence-electron chi connectivity index (χ4n) is 4.08. The van der Waals surface area contributed by atoms with Crippen LogP contribution in [0.15, 0.2) is 72.8 Å². The molecule has 0 saturated heterocycles. The zero-order chi connectivity index (χ0) is 19.3. The highest BCUT2D eigenvalue weighted by molar-refractivity contribution is 5.95. The van der Waals surface area contributed by atoms with Gasteiger partial charge in [-0.05, 0) is 72.1 Å². The highest BCUT2D eigenvalue weighted by Crippen LogP contribution is 2.26. The van der Waals surface area contributed by atoms with E-state index in [0.29, 0.717) is 5.56 Å². The summed E-state index contributed by atoms with van der Waals surface area (Å²) >= 11 is 0.